The summed E-state index contributed by atoms with van der Waals surface area (Å²) < 4.78 is 5.26. The summed E-state index contributed by atoms with van der Waals surface area (Å²) in [5.41, 5.74) is 1.76. The monoisotopic (exact) mass is 354 g/mol. The second-order valence-electron chi connectivity index (χ2n) is 6.20. The van der Waals surface area contributed by atoms with Gasteiger partial charge in [-0.1, -0.05) is 0 Å². The van der Waals surface area contributed by atoms with Crippen molar-refractivity contribution in [2.75, 3.05) is 14.2 Å². The summed E-state index contributed by atoms with van der Waals surface area (Å²) >= 11 is 1.53. The summed E-state index contributed by atoms with van der Waals surface area (Å²) in [6.45, 7) is 1.92. The third-order valence-corrected chi connectivity index (χ3v) is 5.55. The van der Waals surface area contributed by atoms with Crippen LogP contribution in [0.15, 0.2) is 29.6 Å². The average molecular weight is 354 g/mol. The number of benzene rings is 1. The van der Waals surface area contributed by atoms with Gasteiger partial charge in [-0.3, -0.25) is 15.1 Å². The molecule has 25 heavy (non-hydrogen) atoms. The molecule has 2 N–H and O–H groups in total. The van der Waals surface area contributed by atoms with E-state index in [0.717, 1.165) is 16.0 Å². The van der Waals surface area contributed by atoms with Crippen LogP contribution in [0, 0.1) is 16.7 Å². The van der Waals surface area contributed by atoms with Crippen LogP contribution in [0.3, 0.4) is 0 Å². The van der Waals surface area contributed by atoms with Crippen LogP contribution in [0.4, 0.5) is 0 Å². The van der Waals surface area contributed by atoms with Gasteiger partial charge in [-0.15, -0.1) is 11.3 Å². The molecule has 1 amide bonds. The fraction of sp³-hybridized carbons (Fsp3) is 0.278. The van der Waals surface area contributed by atoms with E-state index < -0.39 is 5.54 Å². The number of hydrogen-bond donors (Lipinski definition) is 2. The van der Waals surface area contributed by atoms with Crippen LogP contribution in [0.1, 0.15) is 23.8 Å². The van der Waals surface area contributed by atoms with Crippen LogP contribution in [-0.2, 0) is 10.3 Å². The van der Waals surface area contributed by atoms with E-state index in [4.69, 9.17) is 10.1 Å². The molecule has 1 atom stereocenters. The van der Waals surface area contributed by atoms with Crippen molar-refractivity contribution >= 4 is 23.2 Å². The third-order valence-electron chi connectivity index (χ3n) is 4.36. The highest BCUT2D eigenvalue weighted by Gasteiger charge is 2.38. The van der Waals surface area contributed by atoms with Crippen LogP contribution in [-0.4, -0.2) is 30.9 Å². The molecule has 1 aliphatic heterocycles. The molecule has 3 rings (SSSR count). The highest BCUT2D eigenvalue weighted by atomic mass is 32.1. The number of hydrogen-bond acceptors (Lipinski definition) is 5. The van der Waals surface area contributed by atoms with Gasteiger partial charge in [0.25, 0.3) is 0 Å². The molecule has 2 aromatic rings. The van der Waals surface area contributed by atoms with Crippen molar-refractivity contribution in [3.05, 3.63) is 40.1 Å². The van der Waals surface area contributed by atoms with Crippen molar-refractivity contribution in [2.45, 2.75) is 18.9 Å². The van der Waals surface area contributed by atoms with Crippen molar-refractivity contribution in [1.82, 2.24) is 10.2 Å². The maximum atomic E-state index is 12.1. The van der Waals surface area contributed by atoms with Crippen molar-refractivity contribution in [1.29, 1.82) is 10.7 Å². The molecular weight excluding hydrogens is 336 g/mol. The molecule has 6 nitrogen and oxygen atoms in total. The first-order valence-electron chi connectivity index (χ1n) is 7.68. The number of nitrogens with zero attached hydrogens (tertiary/aromatic N) is 2. The molecule has 7 heteroatoms. The molecule has 128 valence electrons. The minimum Gasteiger partial charge on any atom is -0.497 e. The Morgan fingerprint density at radius 2 is 2.12 bits per heavy atom. The van der Waals surface area contributed by atoms with E-state index in [1.54, 1.807) is 20.2 Å². The summed E-state index contributed by atoms with van der Waals surface area (Å²) in [5.74, 6) is 0.638. The number of thiophene rings is 1. The van der Waals surface area contributed by atoms with E-state index in [-0.39, 0.29) is 18.3 Å². The number of carbonyl (C=O) groups excluding carboxylic acids is 1. The number of carbonyl (C=O) groups is 1. The molecule has 0 saturated carbocycles. The Kier molecular flexibility index (Phi) is 4.23. The Morgan fingerprint density at radius 3 is 2.76 bits per heavy atom. The second-order valence-corrected chi connectivity index (χ2v) is 7.11. The van der Waals surface area contributed by atoms with Gasteiger partial charge in [0.2, 0.25) is 5.91 Å². The minimum absolute atomic E-state index is 0.0886. The van der Waals surface area contributed by atoms with Crippen molar-refractivity contribution in [3.8, 4) is 22.9 Å². The van der Waals surface area contributed by atoms with E-state index in [0.29, 0.717) is 11.3 Å². The number of nitriles is 1. The lowest BCUT2D eigenvalue weighted by Crippen LogP contribution is -2.57. The quantitative estimate of drug-likeness (QED) is 0.887. The SMILES string of the molecule is COc1cc(C#N)cc(-c2csc([C@]3(C)CC(=O)N(C)C(=N)N3)c2)c1. The Balaban J connectivity index is 1.97. The summed E-state index contributed by atoms with van der Waals surface area (Å²) in [6.07, 6.45) is 0.285. The normalized spacial score (nSPS) is 20.2. The number of ether oxygens (including phenoxy) is 1. The molecule has 2 heterocycles. The van der Waals surface area contributed by atoms with Gasteiger partial charge in [-0.25, -0.2) is 0 Å². The standard InChI is InChI=1S/C18H18N4O2S/c1-18(8-16(23)22(2)17(20)21-18)15-7-13(10-25-15)12-4-11(9-19)5-14(6-12)24-3/h4-7,10H,8H2,1-3H3,(H2,20,21)/t18-/m0/s1. The molecule has 1 fully saturated rings. The Hall–Kier alpha value is -2.85. The summed E-state index contributed by atoms with van der Waals surface area (Å²) in [7, 11) is 3.16. The van der Waals surface area contributed by atoms with E-state index in [1.807, 2.05) is 30.5 Å². The molecular formula is C18H18N4O2S. The van der Waals surface area contributed by atoms with E-state index in [9.17, 15) is 10.1 Å². The smallest absolute Gasteiger partial charge is 0.231 e. The maximum absolute atomic E-state index is 12.1. The lowest BCUT2D eigenvalue weighted by Gasteiger charge is -2.38. The molecule has 1 aliphatic rings. The second kappa shape index (κ2) is 6.22. The van der Waals surface area contributed by atoms with Gasteiger partial charge in [0, 0.05) is 11.9 Å². The number of guanidine groups is 1. The average Bonchev–Trinajstić information content (AvgIpc) is 3.10. The van der Waals surface area contributed by atoms with E-state index in [2.05, 4.69) is 11.4 Å². The minimum atomic E-state index is -0.611. The van der Waals surface area contributed by atoms with Gasteiger partial charge >= 0.3 is 0 Å². The first kappa shape index (κ1) is 17.0. The summed E-state index contributed by atoms with van der Waals surface area (Å²) in [4.78, 5) is 14.4. The number of methoxy groups -OCH3 is 1. The number of nitrogens with one attached hydrogen (secondary N) is 2. The molecule has 0 bridgehead atoms. The Bertz CT molecular complexity index is 879. The molecule has 1 saturated heterocycles. The molecule has 0 unspecified atom stereocenters. The van der Waals surface area contributed by atoms with Gasteiger partial charge < -0.3 is 10.1 Å². The number of rotatable bonds is 3. The number of amides is 1. The zero-order valence-electron chi connectivity index (χ0n) is 14.2. The molecule has 0 spiro atoms. The van der Waals surface area contributed by atoms with Crippen LogP contribution >= 0.6 is 11.3 Å². The van der Waals surface area contributed by atoms with Gasteiger partial charge in [0.05, 0.1) is 30.7 Å². The lowest BCUT2D eigenvalue weighted by molar-refractivity contribution is -0.129. The molecule has 0 radical (unpaired) electrons. The van der Waals surface area contributed by atoms with Crippen LogP contribution in [0.5, 0.6) is 5.75 Å². The predicted molar refractivity (Wildman–Crippen MR) is 96.6 cm³/mol. The van der Waals surface area contributed by atoms with Crippen LogP contribution in [0.25, 0.3) is 11.1 Å². The molecule has 1 aromatic heterocycles. The fourth-order valence-electron chi connectivity index (χ4n) is 2.81. The van der Waals surface area contributed by atoms with E-state index in [1.165, 1.54) is 16.2 Å². The zero-order valence-corrected chi connectivity index (χ0v) is 15.0. The fourth-order valence-corrected chi connectivity index (χ4v) is 3.85. The van der Waals surface area contributed by atoms with Crippen LogP contribution < -0.4 is 10.1 Å². The van der Waals surface area contributed by atoms with Gasteiger partial charge in [-0.2, -0.15) is 5.26 Å². The van der Waals surface area contributed by atoms with E-state index >= 15 is 0 Å². The topological polar surface area (TPSA) is 89.2 Å². The molecule has 0 aliphatic carbocycles. The summed E-state index contributed by atoms with van der Waals surface area (Å²) in [6, 6.07) is 9.52. The highest BCUT2D eigenvalue weighted by Crippen LogP contribution is 2.37. The zero-order chi connectivity index (χ0) is 18.2. The largest absolute Gasteiger partial charge is 0.497 e. The first-order chi connectivity index (χ1) is 11.9. The summed E-state index contributed by atoms with van der Waals surface area (Å²) in [5, 5.41) is 22.2. The first-order valence-corrected chi connectivity index (χ1v) is 8.56. The van der Waals surface area contributed by atoms with Crippen LogP contribution in [0.2, 0.25) is 0 Å². The Morgan fingerprint density at radius 1 is 1.36 bits per heavy atom. The molecule has 1 aromatic carbocycles. The Labute approximate surface area is 150 Å². The lowest BCUT2D eigenvalue weighted by atomic mass is 9.92. The highest BCUT2D eigenvalue weighted by molar-refractivity contribution is 7.10. The third kappa shape index (κ3) is 3.08. The predicted octanol–water partition coefficient (Wildman–Crippen LogP) is 2.90. The maximum Gasteiger partial charge on any atom is 0.231 e. The van der Waals surface area contributed by atoms with Crippen molar-refractivity contribution in [3.63, 3.8) is 0 Å². The van der Waals surface area contributed by atoms with Gasteiger partial charge in [0.15, 0.2) is 5.96 Å². The van der Waals surface area contributed by atoms with Gasteiger partial charge in [-0.05, 0) is 47.7 Å². The van der Waals surface area contributed by atoms with Gasteiger partial charge in [0.1, 0.15) is 5.75 Å². The van der Waals surface area contributed by atoms with Crippen molar-refractivity contribution in [2.24, 2.45) is 0 Å². The van der Waals surface area contributed by atoms with Crippen molar-refractivity contribution < 1.29 is 9.53 Å².